The minimum Gasteiger partial charge on any atom is -0.360 e. The van der Waals surface area contributed by atoms with Crippen LogP contribution in [0.4, 0.5) is 5.82 Å². The number of benzene rings is 1. The third-order valence-electron chi connectivity index (χ3n) is 3.02. The van der Waals surface area contributed by atoms with E-state index >= 15 is 0 Å². The van der Waals surface area contributed by atoms with E-state index in [1.54, 1.807) is 19.1 Å². The van der Waals surface area contributed by atoms with E-state index in [9.17, 15) is 9.59 Å². The van der Waals surface area contributed by atoms with Gasteiger partial charge in [0.2, 0.25) is 11.8 Å². The van der Waals surface area contributed by atoms with E-state index in [2.05, 4.69) is 15.8 Å². The molecule has 0 aliphatic carbocycles. The van der Waals surface area contributed by atoms with Crippen molar-refractivity contribution >= 4 is 52.6 Å². The second kappa shape index (κ2) is 9.70. The highest BCUT2D eigenvalue weighted by Gasteiger charge is 2.08. The molecule has 9 heteroatoms. The first-order valence-electron chi connectivity index (χ1n) is 7.45. The molecular weight excluding hydrogens is 385 g/mol. The number of rotatable bonds is 8. The van der Waals surface area contributed by atoms with Gasteiger partial charge in [0.15, 0.2) is 5.82 Å². The molecule has 0 bridgehead atoms. The number of nitrogens with one attached hydrogen (secondary N) is 2. The summed E-state index contributed by atoms with van der Waals surface area (Å²) in [4.78, 5) is 23.5. The van der Waals surface area contributed by atoms with Crippen molar-refractivity contribution in [1.29, 1.82) is 0 Å². The van der Waals surface area contributed by atoms with Gasteiger partial charge in [0.1, 0.15) is 5.76 Å². The second-order valence-corrected chi connectivity index (χ2v) is 7.10. The van der Waals surface area contributed by atoms with Crippen molar-refractivity contribution in [2.45, 2.75) is 13.3 Å². The Morgan fingerprint density at radius 2 is 1.80 bits per heavy atom. The van der Waals surface area contributed by atoms with Crippen LogP contribution in [0.3, 0.4) is 0 Å². The maximum atomic E-state index is 11.8. The standard InChI is InChI=1S/C16H17Cl2N3O3S/c1-10-4-14(21-24-10)20-16(23)9-25-8-15(22)19-3-2-11-5-12(17)7-13(18)6-11/h4-7H,2-3,8-9H2,1H3,(H,19,22)(H,20,21,23). The Balaban J connectivity index is 1.61. The quantitative estimate of drug-likeness (QED) is 0.708. The summed E-state index contributed by atoms with van der Waals surface area (Å²) in [6, 6.07) is 6.90. The molecule has 6 nitrogen and oxygen atoms in total. The van der Waals surface area contributed by atoms with E-state index in [1.165, 1.54) is 11.8 Å². The summed E-state index contributed by atoms with van der Waals surface area (Å²) in [5, 5.41) is 10.2. The molecule has 1 aromatic carbocycles. The molecule has 2 rings (SSSR count). The molecule has 0 radical (unpaired) electrons. The highest BCUT2D eigenvalue weighted by Crippen LogP contribution is 2.19. The average Bonchev–Trinajstić information content (AvgIpc) is 2.91. The summed E-state index contributed by atoms with van der Waals surface area (Å²) in [7, 11) is 0. The molecule has 134 valence electrons. The van der Waals surface area contributed by atoms with Crippen molar-refractivity contribution < 1.29 is 14.1 Å². The van der Waals surface area contributed by atoms with Gasteiger partial charge in [0, 0.05) is 22.7 Å². The van der Waals surface area contributed by atoms with Gasteiger partial charge in [-0.05, 0) is 37.1 Å². The first-order chi connectivity index (χ1) is 11.9. The lowest BCUT2D eigenvalue weighted by molar-refractivity contribution is -0.118. The van der Waals surface area contributed by atoms with Crippen LogP contribution in [0.1, 0.15) is 11.3 Å². The molecule has 2 aromatic rings. The monoisotopic (exact) mass is 401 g/mol. The summed E-state index contributed by atoms with van der Waals surface area (Å²) in [6.45, 7) is 2.21. The Morgan fingerprint density at radius 3 is 2.44 bits per heavy atom. The van der Waals surface area contributed by atoms with Crippen molar-refractivity contribution in [3.05, 3.63) is 45.6 Å². The molecule has 0 unspecified atom stereocenters. The second-order valence-electron chi connectivity index (χ2n) is 5.24. The number of carbonyl (C=O) groups is 2. The van der Waals surface area contributed by atoms with Gasteiger partial charge in [-0.2, -0.15) is 0 Å². The molecular formula is C16H17Cl2N3O3S. The Bertz CT molecular complexity index is 732. The predicted octanol–water partition coefficient (Wildman–Crippen LogP) is 3.32. The third-order valence-corrected chi connectivity index (χ3v) is 4.39. The summed E-state index contributed by atoms with van der Waals surface area (Å²) >= 11 is 13.1. The molecule has 0 atom stereocenters. The molecule has 0 spiro atoms. The van der Waals surface area contributed by atoms with E-state index in [0.29, 0.717) is 34.6 Å². The fraction of sp³-hybridized carbons (Fsp3) is 0.312. The summed E-state index contributed by atoms with van der Waals surface area (Å²) in [5.74, 6) is 0.962. The number of carbonyl (C=O) groups excluding carboxylic acids is 2. The number of halogens is 2. The van der Waals surface area contributed by atoms with Crippen LogP contribution in [0, 0.1) is 6.92 Å². The Kier molecular flexibility index (Phi) is 7.61. The van der Waals surface area contributed by atoms with E-state index in [4.69, 9.17) is 27.7 Å². The van der Waals surface area contributed by atoms with Crippen LogP contribution in [0.5, 0.6) is 0 Å². The van der Waals surface area contributed by atoms with Gasteiger partial charge in [-0.1, -0.05) is 28.4 Å². The van der Waals surface area contributed by atoms with E-state index < -0.39 is 0 Å². The molecule has 1 aromatic heterocycles. The maximum Gasteiger partial charge on any atom is 0.235 e. The highest BCUT2D eigenvalue weighted by molar-refractivity contribution is 8.00. The molecule has 0 aliphatic heterocycles. The first kappa shape index (κ1) is 19.6. The minimum atomic E-state index is -0.236. The van der Waals surface area contributed by atoms with Crippen LogP contribution in [0.25, 0.3) is 0 Å². The molecule has 0 aliphatic rings. The Labute approximate surface area is 159 Å². The van der Waals surface area contributed by atoms with Crippen LogP contribution < -0.4 is 10.6 Å². The summed E-state index contributed by atoms with van der Waals surface area (Å²) in [5.41, 5.74) is 0.952. The van der Waals surface area contributed by atoms with Gasteiger partial charge in [-0.3, -0.25) is 9.59 Å². The Morgan fingerprint density at radius 1 is 1.12 bits per heavy atom. The zero-order valence-corrected chi connectivity index (χ0v) is 15.8. The zero-order valence-electron chi connectivity index (χ0n) is 13.5. The third kappa shape index (κ3) is 7.37. The van der Waals surface area contributed by atoms with Crippen LogP contribution in [0.2, 0.25) is 10.0 Å². The molecule has 25 heavy (non-hydrogen) atoms. The average molecular weight is 402 g/mol. The summed E-state index contributed by atoms with van der Waals surface area (Å²) in [6.07, 6.45) is 0.628. The molecule has 2 amide bonds. The van der Waals surface area contributed by atoms with Gasteiger partial charge >= 0.3 is 0 Å². The van der Waals surface area contributed by atoms with Crippen LogP contribution in [0.15, 0.2) is 28.8 Å². The van der Waals surface area contributed by atoms with Crippen LogP contribution in [-0.4, -0.2) is 35.0 Å². The van der Waals surface area contributed by atoms with Gasteiger partial charge in [0.25, 0.3) is 0 Å². The van der Waals surface area contributed by atoms with Gasteiger partial charge in [0.05, 0.1) is 11.5 Å². The van der Waals surface area contributed by atoms with Gasteiger partial charge in [-0.15, -0.1) is 11.8 Å². The lowest BCUT2D eigenvalue weighted by atomic mass is 10.1. The molecule has 2 N–H and O–H groups in total. The Hall–Kier alpha value is -1.70. The van der Waals surface area contributed by atoms with Crippen molar-refractivity contribution in [3.63, 3.8) is 0 Å². The van der Waals surface area contributed by atoms with Crippen molar-refractivity contribution in [2.75, 3.05) is 23.4 Å². The minimum absolute atomic E-state index is 0.136. The number of nitrogens with zero attached hydrogens (tertiary/aromatic N) is 1. The maximum absolute atomic E-state index is 11.8. The number of aryl methyl sites for hydroxylation is 1. The van der Waals surface area contributed by atoms with Crippen molar-refractivity contribution in [2.24, 2.45) is 0 Å². The number of aromatic nitrogens is 1. The van der Waals surface area contributed by atoms with Crippen molar-refractivity contribution in [3.8, 4) is 0 Å². The smallest absolute Gasteiger partial charge is 0.235 e. The lowest BCUT2D eigenvalue weighted by Gasteiger charge is -2.06. The highest BCUT2D eigenvalue weighted by atomic mass is 35.5. The number of hydrogen-bond donors (Lipinski definition) is 2. The fourth-order valence-electron chi connectivity index (χ4n) is 1.99. The van der Waals surface area contributed by atoms with Gasteiger partial charge in [-0.25, -0.2) is 0 Å². The molecule has 0 saturated carbocycles. The number of anilines is 1. The fourth-order valence-corrected chi connectivity index (χ4v) is 3.21. The SMILES string of the molecule is Cc1cc(NC(=O)CSCC(=O)NCCc2cc(Cl)cc(Cl)c2)no1. The molecule has 0 fully saturated rings. The van der Waals surface area contributed by atoms with E-state index in [1.807, 2.05) is 12.1 Å². The first-order valence-corrected chi connectivity index (χ1v) is 9.36. The topological polar surface area (TPSA) is 84.2 Å². The van der Waals surface area contributed by atoms with Crippen molar-refractivity contribution in [1.82, 2.24) is 10.5 Å². The molecule has 0 saturated heterocycles. The van der Waals surface area contributed by atoms with E-state index in [0.717, 1.165) is 5.56 Å². The zero-order chi connectivity index (χ0) is 18.2. The molecule has 1 heterocycles. The van der Waals surface area contributed by atoms with Crippen LogP contribution >= 0.6 is 35.0 Å². The largest absolute Gasteiger partial charge is 0.360 e. The van der Waals surface area contributed by atoms with Gasteiger partial charge < -0.3 is 15.2 Å². The lowest BCUT2D eigenvalue weighted by Crippen LogP contribution is -2.28. The number of amides is 2. The predicted molar refractivity (Wildman–Crippen MR) is 100 cm³/mol. The summed E-state index contributed by atoms with van der Waals surface area (Å²) < 4.78 is 4.85. The van der Waals surface area contributed by atoms with Crippen LogP contribution in [-0.2, 0) is 16.0 Å². The van der Waals surface area contributed by atoms with E-state index in [-0.39, 0.29) is 23.3 Å². The number of thioether (sulfide) groups is 1. The number of hydrogen-bond acceptors (Lipinski definition) is 5. The normalized spacial score (nSPS) is 10.5.